The second kappa shape index (κ2) is 6.57. The Morgan fingerprint density at radius 3 is 2.10 bits per heavy atom. The molecular formula is C15H25NO4. The van der Waals surface area contributed by atoms with Gasteiger partial charge in [0.2, 0.25) is 5.91 Å². The van der Waals surface area contributed by atoms with Crippen LogP contribution in [-0.2, 0) is 9.59 Å². The molecule has 1 saturated heterocycles. The fourth-order valence-electron chi connectivity index (χ4n) is 3.39. The van der Waals surface area contributed by atoms with Crippen LogP contribution in [0.4, 0.5) is 0 Å². The van der Waals surface area contributed by atoms with Gasteiger partial charge in [0.05, 0.1) is 11.5 Å². The Balaban J connectivity index is 2.00. The molecule has 2 N–H and O–H groups in total. The first-order valence-electron chi connectivity index (χ1n) is 7.73. The Labute approximate surface area is 120 Å². The molecule has 0 aromatic carbocycles. The topological polar surface area (TPSA) is 77.8 Å². The van der Waals surface area contributed by atoms with Crippen molar-refractivity contribution >= 4 is 11.9 Å². The highest BCUT2D eigenvalue weighted by molar-refractivity contribution is 5.85. The molecule has 114 valence electrons. The predicted octanol–water partition coefficient (Wildman–Crippen LogP) is 1.79. The van der Waals surface area contributed by atoms with E-state index in [1.807, 2.05) is 0 Å². The molecule has 0 aromatic rings. The summed E-state index contributed by atoms with van der Waals surface area (Å²) >= 11 is 0. The highest BCUT2D eigenvalue weighted by Gasteiger charge is 2.41. The van der Waals surface area contributed by atoms with Gasteiger partial charge in [0.1, 0.15) is 0 Å². The number of hydrogen-bond donors (Lipinski definition) is 2. The molecule has 1 aliphatic heterocycles. The lowest BCUT2D eigenvalue weighted by Gasteiger charge is -2.34. The van der Waals surface area contributed by atoms with E-state index in [4.69, 9.17) is 0 Å². The van der Waals surface area contributed by atoms with E-state index in [9.17, 15) is 19.8 Å². The SMILES string of the molecule is O=C(CC1(C(=O)O)CCCCCC1)N1CCC(O)CC1. The first kappa shape index (κ1) is 15.3. The van der Waals surface area contributed by atoms with Crippen LogP contribution in [-0.4, -0.2) is 46.2 Å². The quantitative estimate of drug-likeness (QED) is 0.774. The predicted molar refractivity (Wildman–Crippen MR) is 74.2 cm³/mol. The number of carboxylic acid groups (broad SMARTS) is 1. The number of rotatable bonds is 3. The van der Waals surface area contributed by atoms with Crippen molar-refractivity contribution in [2.45, 2.75) is 63.9 Å². The van der Waals surface area contributed by atoms with Gasteiger partial charge in [-0.25, -0.2) is 0 Å². The average Bonchev–Trinajstić information content (AvgIpc) is 2.66. The van der Waals surface area contributed by atoms with E-state index in [2.05, 4.69) is 0 Å². The summed E-state index contributed by atoms with van der Waals surface area (Å²) in [7, 11) is 0. The van der Waals surface area contributed by atoms with Gasteiger partial charge in [0, 0.05) is 19.5 Å². The van der Waals surface area contributed by atoms with Crippen molar-refractivity contribution in [1.29, 1.82) is 0 Å². The van der Waals surface area contributed by atoms with E-state index < -0.39 is 11.4 Å². The number of carboxylic acids is 1. The molecule has 2 fully saturated rings. The van der Waals surface area contributed by atoms with Gasteiger partial charge in [0.25, 0.3) is 0 Å². The van der Waals surface area contributed by atoms with Gasteiger partial charge < -0.3 is 15.1 Å². The number of carbonyl (C=O) groups is 2. The summed E-state index contributed by atoms with van der Waals surface area (Å²) in [5, 5.41) is 19.1. The molecule has 2 aliphatic rings. The number of nitrogens with zero attached hydrogens (tertiary/aromatic N) is 1. The van der Waals surface area contributed by atoms with Gasteiger partial charge in [-0.15, -0.1) is 0 Å². The number of amides is 1. The number of likely N-dealkylation sites (tertiary alicyclic amines) is 1. The first-order chi connectivity index (χ1) is 9.53. The minimum Gasteiger partial charge on any atom is -0.481 e. The first-order valence-corrected chi connectivity index (χ1v) is 7.73. The summed E-state index contributed by atoms with van der Waals surface area (Å²) in [4.78, 5) is 25.8. The van der Waals surface area contributed by atoms with Crippen molar-refractivity contribution in [3.05, 3.63) is 0 Å². The Kier molecular flexibility index (Phi) is 5.02. The molecule has 0 spiro atoms. The Bertz CT molecular complexity index is 353. The van der Waals surface area contributed by atoms with Crippen LogP contribution in [0.5, 0.6) is 0 Å². The van der Waals surface area contributed by atoms with Gasteiger partial charge >= 0.3 is 5.97 Å². The monoisotopic (exact) mass is 283 g/mol. The molecule has 0 unspecified atom stereocenters. The van der Waals surface area contributed by atoms with E-state index in [0.29, 0.717) is 38.8 Å². The highest BCUT2D eigenvalue weighted by Crippen LogP contribution is 2.39. The van der Waals surface area contributed by atoms with Crippen LogP contribution in [0, 0.1) is 5.41 Å². The minimum atomic E-state index is -0.857. The zero-order valence-electron chi connectivity index (χ0n) is 12.0. The standard InChI is InChI=1S/C15H25NO4/c17-12-5-9-16(10-6-12)13(18)11-15(14(19)20)7-3-1-2-4-8-15/h12,17H,1-11H2,(H,19,20). The molecule has 0 aromatic heterocycles. The average molecular weight is 283 g/mol. The maximum Gasteiger partial charge on any atom is 0.310 e. The smallest absolute Gasteiger partial charge is 0.310 e. The molecular weight excluding hydrogens is 258 g/mol. The molecule has 5 heteroatoms. The largest absolute Gasteiger partial charge is 0.481 e. The third kappa shape index (κ3) is 3.51. The minimum absolute atomic E-state index is 0.0544. The number of aliphatic hydroxyl groups is 1. The van der Waals surface area contributed by atoms with E-state index in [-0.39, 0.29) is 18.4 Å². The Morgan fingerprint density at radius 2 is 1.60 bits per heavy atom. The maximum atomic E-state index is 12.4. The summed E-state index contributed by atoms with van der Waals surface area (Å²) in [5.74, 6) is -0.869. The number of piperidine rings is 1. The van der Waals surface area contributed by atoms with Crippen LogP contribution >= 0.6 is 0 Å². The molecule has 1 heterocycles. The van der Waals surface area contributed by atoms with Crippen molar-refractivity contribution in [2.75, 3.05) is 13.1 Å². The normalized spacial score (nSPS) is 24.1. The van der Waals surface area contributed by atoms with Crippen LogP contribution in [0.15, 0.2) is 0 Å². The zero-order valence-corrected chi connectivity index (χ0v) is 12.0. The molecule has 1 aliphatic carbocycles. The van der Waals surface area contributed by atoms with Crippen molar-refractivity contribution in [3.63, 3.8) is 0 Å². The van der Waals surface area contributed by atoms with Gasteiger partial charge in [-0.3, -0.25) is 9.59 Å². The van der Waals surface area contributed by atoms with Crippen LogP contribution in [0.1, 0.15) is 57.8 Å². The fourth-order valence-corrected chi connectivity index (χ4v) is 3.39. The van der Waals surface area contributed by atoms with Crippen LogP contribution in [0.2, 0.25) is 0 Å². The number of aliphatic carboxylic acids is 1. The number of carbonyl (C=O) groups excluding carboxylic acids is 1. The number of aliphatic hydroxyl groups excluding tert-OH is 1. The molecule has 1 saturated carbocycles. The number of hydrogen-bond acceptors (Lipinski definition) is 3. The molecule has 1 amide bonds. The van der Waals surface area contributed by atoms with E-state index in [1.165, 1.54) is 0 Å². The summed E-state index contributed by atoms with van der Waals surface area (Å²) in [5.41, 5.74) is -0.857. The molecule has 0 bridgehead atoms. The summed E-state index contributed by atoms with van der Waals surface area (Å²) in [6.45, 7) is 1.10. The second-order valence-electron chi connectivity index (χ2n) is 6.29. The molecule has 2 rings (SSSR count). The molecule has 20 heavy (non-hydrogen) atoms. The summed E-state index contributed by atoms with van der Waals surface area (Å²) in [6, 6.07) is 0. The van der Waals surface area contributed by atoms with Gasteiger partial charge in [-0.1, -0.05) is 25.7 Å². The lowest BCUT2D eigenvalue weighted by atomic mass is 9.77. The van der Waals surface area contributed by atoms with Crippen LogP contribution in [0.25, 0.3) is 0 Å². The van der Waals surface area contributed by atoms with E-state index in [1.54, 1.807) is 4.90 Å². The third-order valence-electron chi connectivity index (χ3n) is 4.82. The highest BCUT2D eigenvalue weighted by atomic mass is 16.4. The van der Waals surface area contributed by atoms with Crippen molar-refractivity contribution < 1.29 is 19.8 Å². The van der Waals surface area contributed by atoms with Crippen molar-refractivity contribution in [1.82, 2.24) is 4.90 Å². The zero-order chi connectivity index (χ0) is 14.6. The third-order valence-corrected chi connectivity index (χ3v) is 4.82. The van der Waals surface area contributed by atoms with Crippen molar-refractivity contribution in [3.8, 4) is 0 Å². The van der Waals surface area contributed by atoms with Gasteiger partial charge in [-0.05, 0) is 25.7 Å². The Morgan fingerprint density at radius 1 is 1.05 bits per heavy atom. The Hall–Kier alpha value is -1.10. The maximum absolute atomic E-state index is 12.4. The fraction of sp³-hybridized carbons (Fsp3) is 0.867. The van der Waals surface area contributed by atoms with Gasteiger partial charge in [0.15, 0.2) is 0 Å². The molecule has 5 nitrogen and oxygen atoms in total. The van der Waals surface area contributed by atoms with Crippen LogP contribution in [0.3, 0.4) is 0 Å². The second-order valence-corrected chi connectivity index (χ2v) is 6.29. The lowest BCUT2D eigenvalue weighted by Crippen LogP contribution is -2.44. The molecule has 0 atom stereocenters. The van der Waals surface area contributed by atoms with Gasteiger partial charge in [-0.2, -0.15) is 0 Å². The lowest BCUT2D eigenvalue weighted by molar-refractivity contribution is -0.155. The van der Waals surface area contributed by atoms with Crippen LogP contribution < -0.4 is 0 Å². The van der Waals surface area contributed by atoms with E-state index >= 15 is 0 Å². The molecule has 0 radical (unpaired) electrons. The summed E-state index contributed by atoms with van der Waals surface area (Å²) < 4.78 is 0. The summed E-state index contributed by atoms with van der Waals surface area (Å²) in [6.07, 6.45) is 6.19. The van der Waals surface area contributed by atoms with Crippen molar-refractivity contribution in [2.24, 2.45) is 5.41 Å². The van der Waals surface area contributed by atoms with E-state index in [0.717, 1.165) is 25.7 Å².